The summed E-state index contributed by atoms with van der Waals surface area (Å²) < 4.78 is 28.0. The van der Waals surface area contributed by atoms with Gasteiger partial charge in [-0.25, -0.2) is 0 Å². The maximum Gasteiger partial charge on any atom is 0.178 e. The van der Waals surface area contributed by atoms with Crippen LogP contribution < -0.4 is 0 Å². The summed E-state index contributed by atoms with van der Waals surface area (Å²) in [7, 11) is -2.31. The van der Waals surface area contributed by atoms with E-state index < -0.39 is 7.04 Å². The Labute approximate surface area is 138 Å². The molecule has 2 heteroatoms. The van der Waals surface area contributed by atoms with E-state index >= 15 is 0 Å². The van der Waals surface area contributed by atoms with Gasteiger partial charge >= 0.3 is 0 Å². The van der Waals surface area contributed by atoms with Crippen LogP contribution in [-0.4, -0.2) is 18.9 Å². The number of allylic oxidation sites excluding steroid dienone is 4. The zero-order chi connectivity index (χ0) is 18.0. The number of hydrogen-bond acceptors (Lipinski definition) is 2. The first kappa shape index (κ1) is 11.6. The molecule has 6 atom stereocenters. The molecule has 0 spiro atoms. The molecule has 22 heavy (non-hydrogen) atoms. The lowest BCUT2D eigenvalue weighted by Crippen LogP contribution is -2.50. The van der Waals surface area contributed by atoms with Gasteiger partial charge in [-0.05, 0) is 73.8 Å². The highest BCUT2D eigenvalue weighted by atomic mass is 16.5. The van der Waals surface area contributed by atoms with E-state index in [9.17, 15) is 4.79 Å². The zero-order valence-corrected chi connectivity index (χ0v) is 13.6. The van der Waals surface area contributed by atoms with Crippen LogP contribution in [0, 0.1) is 28.6 Å². The highest BCUT2D eigenvalue weighted by Gasteiger charge is 2.58. The molecule has 4 rings (SSSR count). The van der Waals surface area contributed by atoms with Crippen LogP contribution in [0.15, 0.2) is 23.8 Å². The van der Waals surface area contributed by atoms with Gasteiger partial charge in [0.05, 0.1) is 10.2 Å². The number of carbonyl (C=O) groups excluding carboxylic acids is 1. The predicted molar refractivity (Wildman–Crippen MR) is 87.4 cm³/mol. The Morgan fingerprint density at radius 2 is 2.09 bits per heavy atom. The van der Waals surface area contributed by atoms with Crippen LogP contribution in [-0.2, 0) is 9.53 Å². The van der Waals surface area contributed by atoms with Crippen molar-refractivity contribution in [3.05, 3.63) is 23.8 Å². The van der Waals surface area contributed by atoms with Gasteiger partial charge in [0.1, 0.15) is 0 Å². The standard InChI is InChI=1S/C20H28O2/c1-19-10-8-14(21)12-13(19)4-5-15-16-6-7-18(22-3)20(16,2)11-9-17(15)19/h8,10,12,15-18H,4-7,9,11H2,1-3H3/t15-,16-,17-,18-,19-,20-/m0/s1/i3D3. The van der Waals surface area contributed by atoms with Gasteiger partial charge in [-0.3, -0.25) is 4.79 Å². The fourth-order valence-electron chi connectivity index (χ4n) is 6.34. The van der Waals surface area contributed by atoms with Gasteiger partial charge in [-0.2, -0.15) is 0 Å². The molecule has 120 valence electrons. The fourth-order valence-corrected chi connectivity index (χ4v) is 6.34. The van der Waals surface area contributed by atoms with Crippen molar-refractivity contribution in [3.63, 3.8) is 0 Å². The van der Waals surface area contributed by atoms with Crippen molar-refractivity contribution >= 4 is 5.78 Å². The van der Waals surface area contributed by atoms with Gasteiger partial charge in [0, 0.05) is 12.5 Å². The van der Waals surface area contributed by atoms with Gasteiger partial charge in [-0.1, -0.05) is 25.5 Å². The molecule has 0 heterocycles. The zero-order valence-electron chi connectivity index (χ0n) is 16.6. The third-order valence-corrected chi connectivity index (χ3v) is 7.61. The molecule has 2 nitrogen and oxygen atoms in total. The first-order valence-electron chi connectivity index (χ1n) is 10.3. The van der Waals surface area contributed by atoms with Crippen LogP contribution in [0.4, 0.5) is 0 Å². The number of carbonyl (C=O) groups is 1. The van der Waals surface area contributed by atoms with Crippen molar-refractivity contribution in [2.24, 2.45) is 28.6 Å². The molecule has 0 amide bonds. The van der Waals surface area contributed by atoms with Gasteiger partial charge < -0.3 is 4.74 Å². The first-order valence-corrected chi connectivity index (χ1v) is 8.75. The van der Waals surface area contributed by atoms with E-state index in [0.717, 1.165) is 38.5 Å². The second kappa shape index (κ2) is 4.80. The fraction of sp³-hybridized carbons (Fsp3) is 0.750. The summed E-state index contributed by atoms with van der Waals surface area (Å²) in [6.07, 6.45) is 11.7. The SMILES string of the molecule is [2H]C([2H])([2H])O[C@H]1CC[C@H]2[C@@H]3CCC4=CC(=O)C=C[C@]4(C)[C@H]3CC[C@]12C. The molecule has 0 unspecified atom stereocenters. The van der Waals surface area contributed by atoms with E-state index in [4.69, 9.17) is 8.85 Å². The van der Waals surface area contributed by atoms with Crippen LogP contribution in [0.2, 0.25) is 0 Å². The summed E-state index contributed by atoms with van der Waals surface area (Å²) in [5.74, 6) is 1.81. The predicted octanol–water partition coefficient (Wildman–Crippen LogP) is 4.31. The molecule has 4 aliphatic rings. The summed E-state index contributed by atoms with van der Waals surface area (Å²) in [6.45, 7) is 4.55. The maximum absolute atomic E-state index is 11.8. The van der Waals surface area contributed by atoms with Crippen molar-refractivity contribution in [1.29, 1.82) is 0 Å². The van der Waals surface area contributed by atoms with Crippen LogP contribution in [0.5, 0.6) is 0 Å². The topological polar surface area (TPSA) is 26.3 Å². The van der Waals surface area contributed by atoms with Crippen molar-refractivity contribution in [1.82, 2.24) is 0 Å². The maximum atomic E-state index is 11.8. The van der Waals surface area contributed by atoms with Crippen molar-refractivity contribution in [3.8, 4) is 0 Å². The molecule has 3 saturated carbocycles. The van der Waals surface area contributed by atoms with Crippen LogP contribution in [0.1, 0.15) is 56.5 Å². The summed E-state index contributed by atoms with van der Waals surface area (Å²) in [6, 6.07) is 0. The molecule has 0 aromatic carbocycles. The Morgan fingerprint density at radius 1 is 1.23 bits per heavy atom. The summed E-state index contributed by atoms with van der Waals surface area (Å²) in [5, 5.41) is 0. The molecule has 3 fully saturated rings. The van der Waals surface area contributed by atoms with Crippen LogP contribution in [0.3, 0.4) is 0 Å². The Bertz CT molecular complexity index is 650. The monoisotopic (exact) mass is 303 g/mol. The lowest BCUT2D eigenvalue weighted by molar-refractivity contribution is -0.111. The summed E-state index contributed by atoms with van der Waals surface area (Å²) in [4.78, 5) is 11.8. The molecular formula is C20H28O2. The average Bonchev–Trinajstić information content (AvgIpc) is 2.83. The molecule has 0 aromatic heterocycles. The number of fused-ring (bicyclic) bond motifs is 5. The normalized spacial score (nSPS) is 52.7. The molecule has 0 saturated heterocycles. The second-order valence-electron chi connectivity index (χ2n) is 8.33. The van der Waals surface area contributed by atoms with E-state index in [2.05, 4.69) is 19.9 Å². The quantitative estimate of drug-likeness (QED) is 0.721. The minimum Gasteiger partial charge on any atom is -0.381 e. The largest absolute Gasteiger partial charge is 0.381 e. The van der Waals surface area contributed by atoms with E-state index in [-0.39, 0.29) is 22.7 Å². The number of ketones is 1. The Morgan fingerprint density at radius 3 is 2.91 bits per heavy atom. The number of methoxy groups -OCH3 is 1. The lowest BCUT2D eigenvalue weighted by atomic mass is 9.48. The molecule has 0 aromatic rings. The minimum absolute atomic E-state index is 0.00112. The molecule has 0 aliphatic heterocycles. The van der Waals surface area contributed by atoms with Crippen LogP contribution in [0.25, 0.3) is 0 Å². The Hall–Kier alpha value is -0.890. The van der Waals surface area contributed by atoms with Crippen molar-refractivity contribution < 1.29 is 13.6 Å². The van der Waals surface area contributed by atoms with Crippen molar-refractivity contribution in [2.45, 2.75) is 58.5 Å². The Kier molecular flexibility index (Phi) is 2.54. The first-order chi connectivity index (χ1) is 11.6. The average molecular weight is 303 g/mol. The van der Waals surface area contributed by atoms with E-state index in [1.54, 1.807) is 6.08 Å². The molecule has 0 radical (unpaired) electrons. The van der Waals surface area contributed by atoms with Gasteiger partial charge in [0.2, 0.25) is 0 Å². The second-order valence-corrected chi connectivity index (χ2v) is 8.33. The third kappa shape index (κ3) is 1.79. The lowest BCUT2D eigenvalue weighted by Gasteiger charge is -2.56. The number of rotatable bonds is 1. The van der Waals surface area contributed by atoms with Crippen molar-refractivity contribution in [2.75, 3.05) is 7.04 Å². The van der Waals surface area contributed by atoms with Gasteiger partial charge in [0.25, 0.3) is 0 Å². The highest BCUT2D eigenvalue weighted by molar-refractivity contribution is 6.01. The number of ether oxygens (including phenoxy) is 1. The van der Waals surface area contributed by atoms with Crippen LogP contribution >= 0.6 is 0 Å². The highest BCUT2D eigenvalue weighted by Crippen LogP contribution is 2.64. The van der Waals surface area contributed by atoms with E-state index in [1.165, 1.54) is 5.57 Å². The molecular weight excluding hydrogens is 272 g/mol. The smallest absolute Gasteiger partial charge is 0.178 e. The van der Waals surface area contributed by atoms with E-state index in [0.29, 0.717) is 17.8 Å². The molecule has 0 N–H and O–H groups in total. The summed E-state index contributed by atoms with van der Waals surface area (Å²) >= 11 is 0. The van der Waals surface area contributed by atoms with Gasteiger partial charge in [0.15, 0.2) is 5.78 Å². The van der Waals surface area contributed by atoms with E-state index in [1.807, 2.05) is 6.08 Å². The molecule has 0 bridgehead atoms. The van der Waals surface area contributed by atoms with Gasteiger partial charge in [-0.15, -0.1) is 0 Å². The molecule has 4 aliphatic carbocycles. The summed E-state index contributed by atoms with van der Waals surface area (Å²) in [5.41, 5.74) is 1.28. The Balaban J connectivity index is 1.61. The third-order valence-electron chi connectivity index (χ3n) is 7.61. The number of hydrogen-bond donors (Lipinski definition) is 0. The minimum atomic E-state index is -2.31.